The molecule has 0 aliphatic heterocycles. The third-order valence-corrected chi connectivity index (χ3v) is 5.22. The Kier molecular flexibility index (Phi) is 4.70. The van der Waals surface area contributed by atoms with Crippen molar-refractivity contribution in [2.75, 3.05) is 0 Å². The first kappa shape index (κ1) is 18.0. The Bertz CT molecular complexity index is 1180. The summed E-state index contributed by atoms with van der Waals surface area (Å²) >= 11 is 1.44. The molecule has 0 bridgehead atoms. The van der Waals surface area contributed by atoms with Crippen LogP contribution in [0.15, 0.2) is 59.5 Å². The standard InChI is InChI=1S/C20H17N5O2S/c1-12(2)17-15(20(27)25-8-7-22-11-25)9-14(18(26)24-17)16-10-28-19(23-16)13-3-5-21-6-4-13/h3-12H,1-2H3,(H,24,26). The van der Waals surface area contributed by atoms with E-state index in [1.807, 2.05) is 31.4 Å². The molecule has 4 aromatic rings. The van der Waals surface area contributed by atoms with Crippen LogP contribution in [0.25, 0.3) is 21.8 Å². The molecule has 0 aliphatic carbocycles. The van der Waals surface area contributed by atoms with E-state index in [1.165, 1.54) is 22.2 Å². The molecular formula is C20H17N5O2S. The van der Waals surface area contributed by atoms with E-state index in [2.05, 4.69) is 19.9 Å². The van der Waals surface area contributed by atoms with Crippen molar-refractivity contribution < 1.29 is 4.79 Å². The van der Waals surface area contributed by atoms with Gasteiger partial charge in [-0.3, -0.25) is 19.1 Å². The highest BCUT2D eigenvalue weighted by molar-refractivity contribution is 7.13. The number of aromatic amines is 1. The molecule has 4 aromatic heterocycles. The number of pyridine rings is 2. The van der Waals surface area contributed by atoms with Crippen LogP contribution in [0.3, 0.4) is 0 Å². The maximum Gasteiger partial charge on any atom is 0.264 e. The van der Waals surface area contributed by atoms with Crippen LogP contribution < -0.4 is 5.56 Å². The van der Waals surface area contributed by atoms with Crippen molar-refractivity contribution in [2.24, 2.45) is 0 Å². The van der Waals surface area contributed by atoms with Gasteiger partial charge in [-0.1, -0.05) is 13.8 Å². The fourth-order valence-electron chi connectivity index (χ4n) is 2.91. The van der Waals surface area contributed by atoms with Gasteiger partial charge in [-0.05, 0) is 24.1 Å². The molecule has 0 spiro atoms. The number of H-pyrrole nitrogens is 1. The van der Waals surface area contributed by atoms with Gasteiger partial charge in [0.05, 0.1) is 16.8 Å². The van der Waals surface area contributed by atoms with Crippen LogP contribution >= 0.6 is 11.3 Å². The average molecular weight is 391 g/mol. The largest absolute Gasteiger partial charge is 0.325 e. The minimum absolute atomic E-state index is 0.0213. The van der Waals surface area contributed by atoms with E-state index in [-0.39, 0.29) is 17.4 Å². The summed E-state index contributed by atoms with van der Waals surface area (Å²) in [5.41, 5.74) is 2.59. The van der Waals surface area contributed by atoms with Gasteiger partial charge in [-0.25, -0.2) is 9.97 Å². The van der Waals surface area contributed by atoms with Gasteiger partial charge in [-0.15, -0.1) is 11.3 Å². The smallest absolute Gasteiger partial charge is 0.264 e. The van der Waals surface area contributed by atoms with E-state index in [0.717, 1.165) is 10.6 Å². The van der Waals surface area contributed by atoms with E-state index < -0.39 is 0 Å². The number of hydrogen-bond donors (Lipinski definition) is 1. The lowest BCUT2D eigenvalue weighted by Gasteiger charge is -2.13. The number of carbonyl (C=O) groups excluding carboxylic acids is 1. The van der Waals surface area contributed by atoms with Gasteiger partial charge < -0.3 is 4.98 Å². The van der Waals surface area contributed by atoms with Gasteiger partial charge in [-0.2, -0.15) is 0 Å². The van der Waals surface area contributed by atoms with Crippen LogP contribution in [0.2, 0.25) is 0 Å². The zero-order valence-corrected chi connectivity index (χ0v) is 16.1. The number of rotatable bonds is 4. The fourth-order valence-corrected chi connectivity index (χ4v) is 3.74. The Hall–Kier alpha value is -3.39. The Labute approximate surface area is 164 Å². The van der Waals surface area contributed by atoms with Crippen LogP contribution in [0.1, 0.15) is 35.8 Å². The molecule has 0 fully saturated rings. The summed E-state index contributed by atoms with van der Waals surface area (Å²) in [6.45, 7) is 3.86. The number of aromatic nitrogens is 5. The minimum Gasteiger partial charge on any atom is -0.325 e. The molecule has 4 heterocycles. The van der Waals surface area contributed by atoms with Crippen LogP contribution in [0.4, 0.5) is 0 Å². The fraction of sp³-hybridized carbons (Fsp3) is 0.150. The lowest BCUT2D eigenvalue weighted by molar-refractivity contribution is 0.0958. The van der Waals surface area contributed by atoms with Crippen LogP contribution in [0.5, 0.6) is 0 Å². The SMILES string of the molecule is CC(C)c1[nH]c(=O)c(-c2csc(-c3ccncc3)n2)cc1C(=O)n1ccnc1. The van der Waals surface area contributed by atoms with E-state index in [0.29, 0.717) is 22.5 Å². The second kappa shape index (κ2) is 7.32. The summed E-state index contributed by atoms with van der Waals surface area (Å²) < 4.78 is 1.40. The quantitative estimate of drug-likeness (QED) is 0.574. The van der Waals surface area contributed by atoms with Crippen molar-refractivity contribution in [3.63, 3.8) is 0 Å². The van der Waals surface area contributed by atoms with Crippen LogP contribution in [-0.2, 0) is 0 Å². The van der Waals surface area contributed by atoms with Crippen LogP contribution in [0, 0.1) is 0 Å². The normalized spacial score (nSPS) is 11.1. The number of hydrogen-bond acceptors (Lipinski definition) is 6. The molecule has 0 unspecified atom stereocenters. The molecule has 0 saturated heterocycles. The molecule has 1 N–H and O–H groups in total. The van der Waals surface area contributed by atoms with Gasteiger partial charge in [0.1, 0.15) is 11.3 Å². The Morgan fingerprint density at radius 2 is 1.96 bits per heavy atom. The van der Waals surface area contributed by atoms with Crippen LogP contribution in [-0.4, -0.2) is 30.4 Å². The van der Waals surface area contributed by atoms with Crippen molar-refractivity contribution in [3.05, 3.63) is 76.3 Å². The molecular weight excluding hydrogens is 374 g/mol. The first-order valence-corrected chi connectivity index (χ1v) is 9.58. The predicted octanol–water partition coefficient (Wildman–Crippen LogP) is 3.57. The minimum atomic E-state index is -0.266. The van der Waals surface area contributed by atoms with Gasteiger partial charge >= 0.3 is 0 Å². The summed E-state index contributed by atoms with van der Waals surface area (Å²) in [7, 11) is 0. The molecule has 28 heavy (non-hydrogen) atoms. The molecule has 140 valence electrons. The molecule has 0 saturated carbocycles. The van der Waals surface area contributed by atoms with E-state index in [9.17, 15) is 9.59 Å². The van der Waals surface area contributed by atoms with Gasteiger partial charge in [0.25, 0.3) is 11.5 Å². The third-order valence-electron chi connectivity index (χ3n) is 4.33. The molecule has 0 aromatic carbocycles. The zero-order chi connectivity index (χ0) is 19.7. The van der Waals surface area contributed by atoms with Crippen molar-refractivity contribution >= 4 is 17.2 Å². The molecule has 0 radical (unpaired) electrons. The summed E-state index contributed by atoms with van der Waals surface area (Å²) in [4.78, 5) is 41.1. The van der Waals surface area contributed by atoms with Crippen molar-refractivity contribution in [1.29, 1.82) is 0 Å². The summed E-state index contributed by atoms with van der Waals surface area (Å²) in [6, 6.07) is 5.35. The van der Waals surface area contributed by atoms with Crippen molar-refractivity contribution in [2.45, 2.75) is 19.8 Å². The summed E-state index contributed by atoms with van der Waals surface area (Å²) in [6.07, 6.45) is 7.97. The number of nitrogens with zero attached hydrogens (tertiary/aromatic N) is 4. The monoisotopic (exact) mass is 391 g/mol. The van der Waals surface area contributed by atoms with Gasteiger partial charge in [0.15, 0.2) is 0 Å². The lowest BCUT2D eigenvalue weighted by atomic mass is 10.0. The lowest BCUT2D eigenvalue weighted by Crippen LogP contribution is -2.20. The molecule has 0 atom stereocenters. The molecule has 7 nitrogen and oxygen atoms in total. The number of thiazole rings is 1. The second-order valence-electron chi connectivity index (χ2n) is 6.54. The Morgan fingerprint density at radius 3 is 2.64 bits per heavy atom. The van der Waals surface area contributed by atoms with Crippen molar-refractivity contribution in [3.8, 4) is 21.8 Å². The molecule has 8 heteroatoms. The highest BCUT2D eigenvalue weighted by atomic mass is 32.1. The number of imidazole rings is 1. The second-order valence-corrected chi connectivity index (χ2v) is 7.40. The Morgan fingerprint density at radius 1 is 1.18 bits per heavy atom. The summed E-state index contributed by atoms with van der Waals surface area (Å²) in [5.74, 6) is -0.268. The zero-order valence-electron chi connectivity index (χ0n) is 15.3. The number of nitrogens with one attached hydrogen (secondary N) is 1. The van der Waals surface area contributed by atoms with E-state index >= 15 is 0 Å². The topological polar surface area (TPSA) is 93.5 Å². The van der Waals surface area contributed by atoms with Crippen molar-refractivity contribution in [1.82, 2.24) is 24.5 Å². The maximum atomic E-state index is 12.9. The first-order valence-electron chi connectivity index (χ1n) is 8.70. The van der Waals surface area contributed by atoms with Gasteiger partial charge in [0.2, 0.25) is 0 Å². The molecule has 0 amide bonds. The molecule has 0 aliphatic rings. The average Bonchev–Trinajstić information content (AvgIpc) is 3.40. The Balaban J connectivity index is 1.82. The highest BCUT2D eigenvalue weighted by Gasteiger charge is 2.20. The van der Waals surface area contributed by atoms with E-state index in [1.54, 1.807) is 30.9 Å². The predicted molar refractivity (Wildman–Crippen MR) is 107 cm³/mol. The maximum absolute atomic E-state index is 12.9. The highest BCUT2D eigenvalue weighted by Crippen LogP contribution is 2.28. The summed E-state index contributed by atoms with van der Waals surface area (Å²) in [5, 5.41) is 2.60. The third kappa shape index (κ3) is 3.29. The number of carbonyl (C=O) groups is 1. The first-order chi connectivity index (χ1) is 13.5. The van der Waals surface area contributed by atoms with Gasteiger partial charge in [0, 0.05) is 41.4 Å². The molecule has 4 rings (SSSR count). The van der Waals surface area contributed by atoms with E-state index in [4.69, 9.17) is 0 Å².